The van der Waals surface area contributed by atoms with E-state index in [4.69, 9.17) is 4.74 Å². The zero-order valence-electron chi connectivity index (χ0n) is 6.75. The number of halogens is 1. The summed E-state index contributed by atoms with van der Waals surface area (Å²) < 4.78 is 5.32. The van der Waals surface area contributed by atoms with Crippen LogP contribution in [0.3, 0.4) is 0 Å². The molecule has 1 atom stereocenters. The van der Waals surface area contributed by atoms with Crippen LogP contribution in [0.1, 0.15) is 11.7 Å². The first-order valence-corrected chi connectivity index (χ1v) is 3.91. The SMILES string of the molecule is Cl.c1c[nH]c([C@@H]2COCCN2)c1. The Balaban J connectivity index is 0.000000720. The minimum absolute atomic E-state index is 0. The molecule has 1 aromatic heterocycles. The first-order valence-electron chi connectivity index (χ1n) is 3.91. The van der Waals surface area contributed by atoms with Crippen molar-refractivity contribution in [2.45, 2.75) is 6.04 Å². The number of H-pyrrole nitrogens is 1. The van der Waals surface area contributed by atoms with Crippen molar-refractivity contribution >= 4 is 12.4 Å². The predicted octanol–water partition coefficient (Wildman–Crippen LogP) is 1.10. The van der Waals surface area contributed by atoms with Crippen LogP contribution in [0, 0.1) is 0 Å². The average Bonchev–Trinajstić information content (AvgIpc) is 2.58. The van der Waals surface area contributed by atoms with Gasteiger partial charge in [-0.15, -0.1) is 12.4 Å². The molecule has 2 rings (SSSR count). The number of nitrogens with one attached hydrogen (secondary N) is 2. The van der Waals surface area contributed by atoms with Gasteiger partial charge in [-0.05, 0) is 12.1 Å². The van der Waals surface area contributed by atoms with Crippen LogP contribution < -0.4 is 5.32 Å². The number of hydrogen-bond donors (Lipinski definition) is 2. The van der Waals surface area contributed by atoms with E-state index in [1.54, 1.807) is 0 Å². The molecule has 0 aliphatic carbocycles. The van der Waals surface area contributed by atoms with E-state index in [9.17, 15) is 0 Å². The summed E-state index contributed by atoms with van der Waals surface area (Å²) >= 11 is 0. The number of morpholine rings is 1. The van der Waals surface area contributed by atoms with Crippen LogP contribution in [0.2, 0.25) is 0 Å². The lowest BCUT2D eigenvalue weighted by atomic mass is 10.2. The number of rotatable bonds is 1. The van der Waals surface area contributed by atoms with Crippen LogP contribution >= 0.6 is 12.4 Å². The van der Waals surface area contributed by atoms with E-state index in [1.807, 2.05) is 12.3 Å². The number of hydrogen-bond acceptors (Lipinski definition) is 2. The molecule has 2 N–H and O–H groups in total. The number of aromatic amines is 1. The molecule has 1 aromatic rings. The Morgan fingerprint density at radius 1 is 1.50 bits per heavy atom. The molecule has 12 heavy (non-hydrogen) atoms. The maximum atomic E-state index is 5.32. The van der Waals surface area contributed by atoms with Crippen LogP contribution in [0.15, 0.2) is 18.3 Å². The molecule has 1 aliphatic rings. The summed E-state index contributed by atoms with van der Waals surface area (Å²) in [6.07, 6.45) is 1.94. The van der Waals surface area contributed by atoms with E-state index in [1.165, 1.54) is 5.69 Å². The molecule has 1 fully saturated rings. The first-order chi connectivity index (χ1) is 5.47. The third-order valence-corrected chi connectivity index (χ3v) is 1.92. The van der Waals surface area contributed by atoms with Crippen molar-refractivity contribution in [3.63, 3.8) is 0 Å². The third-order valence-electron chi connectivity index (χ3n) is 1.92. The molecule has 1 aliphatic heterocycles. The highest BCUT2D eigenvalue weighted by Crippen LogP contribution is 2.12. The molecule has 4 heteroatoms. The quantitative estimate of drug-likeness (QED) is 0.693. The van der Waals surface area contributed by atoms with Crippen LogP contribution in [-0.2, 0) is 4.74 Å². The highest BCUT2D eigenvalue weighted by atomic mass is 35.5. The van der Waals surface area contributed by atoms with Crippen molar-refractivity contribution in [1.82, 2.24) is 10.3 Å². The van der Waals surface area contributed by atoms with Crippen LogP contribution in [0.5, 0.6) is 0 Å². The average molecular weight is 189 g/mol. The Kier molecular flexibility index (Phi) is 3.59. The van der Waals surface area contributed by atoms with Crippen LogP contribution in [0.25, 0.3) is 0 Å². The maximum absolute atomic E-state index is 5.32. The molecular weight excluding hydrogens is 176 g/mol. The van der Waals surface area contributed by atoms with E-state index in [2.05, 4.69) is 16.4 Å². The van der Waals surface area contributed by atoms with Crippen molar-refractivity contribution in [2.75, 3.05) is 19.8 Å². The molecule has 0 amide bonds. The summed E-state index contributed by atoms with van der Waals surface area (Å²) in [5.74, 6) is 0. The van der Waals surface area contributed by atoms with E-state index < -0.39 is 0 Å². The van der Waals surface area contributed by atoms with Gasteiger partial charge in [0, 0.05) is 18.4 Å². The minimum Gasteiger partial charge on any atom is -0.378 e. The van der Waals surface area contributed by atoms with Gasteiger partial charge in [-0.3, -0.25) is 0 Å². The zero-order valence-corrected chi connectivity index (χ0v) is 7.56. The summed E-state index contributed by atoms with van der Waals surface area (Å²) in [4.78, 5) is 3.16. The van der Waals surface area contributed by atoms with Gasteiger partial charge in [0.25, 0.3) is 0 Å². The van der Waals surface area contributed by atoms with Gasteiger partial charge >= 0.3 is 0 Å². The molecule has 68 valence electrons. The van der Waals surface area contributed by atoms with Crippen molar-refractivity contribution < 1.29 is 4.74 Å². The lowest BCUT2D eigenvalue weighted by Crippen LogP contribution is -2.34. The lowest BCUT2D eigenvalue weighted by molar-refractivity contribution is 0.0758. The Morgan fingerprint density at radius 3 is 3.00 bits per heavy atom. The zero-order chi connectivity index (χ0) is 7.52. The fraction of sp³-hybridized carbons (Fsp3) is 0.500. The molecule has 0 radical (unpaired) electrons. The Morgan fingerprint density at radius 2 is 2.42 bits per heavy atom. The normalized spacial score (nSPS) is 23.2. The topological polar surface area (TPSA) is 37.0 Å². The van der Waals surface area contributed by atoms with E-state index in [-0.39, 0.29) is 12.4 Å². The summed E-state index contributed by atoms with van der Waals surface area (Å²) in [7, 11) is 0. The van der Waals surface area contributed by atoms with Crippen LogP contribution in [0.4, 0.5) is 0 Å². The molecular formula is C8H13ClN2O. The van der Waals surface area contributed by atoms with Gasteiger partial charge < -0.3 is 15.0 Å². The van der Waals surface area contributed by atoms with Gasteiger partial charge in [0.2, 0.25) is 0 Å². The lowest BCUT2D eigenvalue weighted by Gasteiger charge is -2.22. The molecule has 0 spiro atoms. The number of ether oxygens (including phenoxy) is 1. The molecule has 0 saturated carbocycles. The van der Waals surface area contributed by atoms with E-state index in [0.717, 1.165) is 19.8 Å². The minimum atomic E-state index is 0. The van der Waals surface area contributed by atoms with Gasteiger partial charge in [-0.2, -0.15) is 0 Å². The van der Waals surface area contributed by atoms with E-state index >= 15 is 0 Å². The molecule has 0 unspecified atom stereocenters. The van der Waals surface area contributed by atoms with Gasteiger partial charge in [-0.25, -0.2) is 0 Å². The smallest absolute Gasteiger partial charge is 0.0711 e. The van der Waals surface area contributed by atoms with Crippen LogP contribution in [-0.4, -0.2) is 24.7 Å². The molecule has 1 saturated heterocycles. The van der Waals surface area contributed by atoms with E-state index in [0.29, 0.717) is 6.04 Å². The molecule has 3 nitrogen and oxygen atoms in total. The number of aromatic nitrogens is 1. The Labute approximate surface area is 77.9 Å². The van der Waals surface area contributed by atoms with Crippen molar-refractivity contribution in [2.24, 2.45) is 0 Å². The highest BCUT2D eigenvalue weighted by molar-refractivity contribution is 5.85. The van der Waals surface area contributed by atoms with Crippen molar-refractivity contribution in [1.29, 1.82) is 0 Å². The van der Waals surface area contributed by atoms with Crippen molar-refractivity contribution in [3.8, 4) is 0 Å². The van der Waals surface area contributed by atoms with Gasteiger partial charge in [-0.1, -0.05) is 0 Å². The van der Waals surface area contributed by atoms with Gasteiger partial charge in [0.15, 0.2) is 0 Å². The first kappa shape index (κ1) is 9.58. The van der Waals surface area contributed by atoms with Gasteiger partial charge in [0.05, 0.1) is 19.3 Å². The largest absolute Gasteiger partial charge is 0.378 e. The molecule has 0 aromatic carbocycles. The fourth-order valence-electron chi connectivity index (χ4n) is 1.33. The molecule has 2 heterocycles. The van der Waals surface area contributed by atoms with Crippen molar-refractivity contribution in [3.05, 3.63) is 24.0 Å². The maximum Gasteiger partial charge on any atom is 0.0711 e. The second-order valence-electron chi connectivity index (χ2n) is 2.71. The standard InChI is InChI=1S/C8H12N2O.ClH/c1-2-7(9-3-1)8-6-11-5-4-10-8;/h1-3,8-10H,4-6H2;1H/t8-;/m0./s1. The Hall–Kier alpha value is -0.510. The predicted molar refractivity (Wildman–Crippen MR) is 49.6 cm³/mol. The summed E-state index contributed by atoms with van der Waals surface area (Å²) in [6, 6.07) is 4.44. The summed E-state index contributed by atoms with van der Waals surface area (Å²) in [6.45, 7) is 2.56. The second-order valence-corrected chi connectivity index (χ2v) is 2.71. The fourth-order valence-corrected chi connectivity index (χ4v) is 1.33. The molecule has 0 bridgehead atoms. The highest BCUT2D eigenvalue weighted by Gasteiger charge is 2.14. The third kappa shape index (κ3) is 2.00. The summed E-state index contributed by atoms with van der Waals surface area (Å²) in [5, 5.41) is 3.37. The summed E-state index contributed by atoms with van der Waals surface area (Å²) in [5.41, 5.74) is 1.21. The Bertz CT molecular complexity index is 207. The monoisotopic (exact) mass is 188 g/mol. The second kappa shape index (κ2) is 4.50. The van der Waals surface area contributed by atoms with Gasteiger partial charge in [0.1, 0.15) is 0 Å².